The standard InChI is InChI=1S/C63H44N2/c1-63(2)58-29-17-16-28-55(58)57-39-44(30-35-59(57)63)48-31-32-53(50-25-13-12-24-49(48)50)54-33-34-56(52-27-15-14-26-51(52)54)61-40-60(64-62(65-61)43-22-10-5-11-23-43)47-37-45(41-18-6-3-7-19-41)36-46(38-47)42-20-8-4-9-21-42/h3-40H,1-2H3. The van der Waals surface area contributed by atoms with Gasteiger partial charge in [0.05, 0.1) is 11.4 Å². The van der Waals surface area contributed by atoms with Gasteiger partial charge < -0.3 is 0 Å². The molecular formula is C63H44N2. The van der Waals surface area contributed by atoms with Crippen molar-refractivity contribution in [3.05, 3.63) is 242 Å². The molecule has 10 aromatic carbocycles. The summed E-state index contributed by atoms with van der Waals surface area (Å²) in [4.78, 5) is 10.7. The topological polar surface area (TPSA) is 25.8 Å². The Bertz CT molecular complexity index is 3550. The van der Waals surface area contributed by atoms with Gasteiger partial charge in [-0.2, -0.15) is 0 Å². The quantitative estimate of drug-likeness (QED) is 0.160. The van der Waals surface area contributed by atoms with E-state index in [1.54, 1.807) is 0 Å². The molecule has 0 saturated heterocycles. The Morgan fingerprint density at radius 1 is 0.262 bits per heavy atom. The van der Waals surface area contributed by atoms with Crippen molar-refractivity contribution in [2.24, 2.45) is 0 Å². The molecule has 2 nitrogen and oxygen atoms in total. The van der Waals surface area contributed by atoms with Gasteiger partial charge in [0.2, 0.25) is 0 Å². The molecule has 65 heavy (non-hydrogen) atoms. The van der Waals surface area contributed by atoms with Gasteiger partial charge in [0, 0.05) is 22.1 Å². The summed E-state index contributed by atoms with van der Waals surface area (Å²) in [5.41, 5.74) is 19.7. The minimum absolute atomic E-state index is 0.0284. The van der Waals surface area contributed by atoms with Crippen LogP contribution in [0, 0.1) is 0 Å². The Kier molecular flexibility index (Phi) is 9.21. The summed E-state index contributed by atoms with van der Waals surface area (Å²) in [6.07, 6.45) is 0. The predicted octanol–water partition coefficient (Wildman–Crippen LogP) is 16.8. The van der Waals surface area contributed by atoms with E-state index in [-0.39, 0.29) is 5.41 Å². The van der Waals surface area contributed by atoms with E-state index in [1.165, 1.54) is 60.7 Å². The molecule has 1 heterocycles. The number of nitrogens with zero attached hydrogens (tertiary/aromatic N) is 2. The lowest BCUT2D eigenvalue weighted by Crippen LogP contribution is -2.14. The van der Waals surface area contributed by atoms with E-state index in [9.17, 15) is 0 Å². The molecule has 0 fully saturated rings. The summed E-state index contributed by atoms with van der Waals surface area (Å²) < 4.78 is 0. The first kappa shape index (κ1) is 38.5. The lowest BCUT2D eigenvalue weighted by Gasteiger charge is -2.21. The molecular weight excluding hydrogens is 785 g/mol. The van der Waals surface area contributed by atoms with Crippen LogP contribution in [0.1, 0.15) is 25.0 Å². The van der Waals surface area contributed by atoms with Crippen LogP contribution in [0.15, 0.2) is 231 Å². The molecule has 0 saturated carbocycles. The SMILES string of the molecule is CC1(C)c2ccccc2-c2cc(-c3ccc(-c4ccc(-c5cc(-c6cc(-c7ccccc7)cc(-c7ccccc7)c6)nc(-c6ccccc6)n5)c5ccccc45)c4ccccc34)ccc21. The molecule has 11 aromatic rings. The summed E-state index contributed by atoms with van der Waals surface area (Å²) in [5, 5.41) is 4.79. The van der Waals surface area contributed by atoms with Crippen LogP contribution < -0.4 is 0 Å². The van der Waals surface area contributed by atoms with E-state index in [2.05, 4.69) is 238 Å². The Labute approximate surface area is 380 Å². The average molecular weight is 829 g/mol. The number of rotatable bonds is 7. The fourth-order valence-corrected chi connectivity index (χ4v) is 10.3. The molecule has 0 aliphatic heterocycles. The van der Waals surface area contributed by atoms with Crippen molar-refractivity contribution in [3.8, 4) is 89.5 Å². The zero-order valence-corrected chi connectivity index (χ0v) is 36.3. The molecule has 0 spiro atoms. The summed E-state index contributed by atoms with van der Waals surface area (Å²) in [6.45, 7) is 4.69. The van der Waals surface area contributed by atoms with E-state index < -0.39 is 0 Å². The van der Waals surface area contributed by atoms with Gasteiger partial charge in [-0.15, -0.1) is 0 Å². The Morgan fingerprint density at radius 2 is 0.708 bits per heavy atom. The summed E-state index contributed by atoms with van der Waals surface area (Å²) >= 11 is 0. The Hall–Kier alpha value is -8.20. The maximum atomic E-state index is 5.34. The van der Waals surface area contributed by atoms with E-state index in [0.717, 1.165) is 55.7 Å². The highest BCUT2D eigenvalue weighted by Gasteiger charge is 2.35. The third-order valence-electron chi connectivity index (χ3n) is 13.5. The molecule has 0 N–H and O–H groups in total. The van der Waals surface area contributed by atoms with E-state index in [4.69, 9.17) is 9.97 Å². The Balaban J connectivity index is 1.01. The van der Waals surface area contributed by atoms with E-state index in [1.807, 2.05) is 6.07 Å². The van der Waals surface area contributed by atoms with E-state index >= 15 is 0 Å². The fraction of sp³-hybridized carbons (Fsp3) is 0.0476. The predicted molar refractivity (Wildman–Crippen MR) is 273 cm³/mol. The molecule has 0 atom stereocenters. The highest BCUT2D eigenvalue weighted by molar-refractivity contribution is 6.12. The molecule has 1 aromatic heterocycles. The summed E-state index contributed by atoms with van der Waals surface area (Å²) in [6, 6.07) is 83.4. The Morgan fingerprint density at radius 3 is 1.32 bits per heavy atom. The van der Waals surface area contributed by atoms with Crippen molar-refractivity contribution < 1.29 is 0 Å². The van der Waals surface area contributed by atoms with E-state index in [0.29, 0.717) is 5.82 Å². The number of hydrogen-bond donors (Lipinski definition) is 0. The van der Waals surface area contributed by atoms with Gasteiger partial charge in [0.15, 0.2) is 5.82 Å². The number of aromatic nitrogens is 2. The molecule has 12 rings (SSSR count). The summed E-state index contributed by atoms with van der Waals surface area (Å²) in [7, 11) is 0. The van der Waals surface area contributed by atoms with Crippen molar-refractivity contribution >= 4 is 21.5 Å². The van der Waals surface area contributed by atoms with Crippen LogP contribution in [0.4, 0.5) is 0 Å². The van der Waals surface area contributed by atoms with Crippen LogP contribution in [0.2, 0.25) is 0 Å². The van der Waals surface area contributed by atoms with Gasteiger partial charge >= 0.3 is 0 Å². The third kappa shape index (κ3) is 6.65. The van der Waals surface area contributed by atoms with Crippen molar-refractivity contribution in [3.63, 3.8) is 0 Å². The van der Waals surface area contributed by atoms with Gasteiger partial charge in [0.1, 0.15) is 0 Å². The smallest absolute Gasteiger partial charge is 0.160 e. The maximum absolute atomic E-state index is 5.34. The second-order valence-electron chi connectivity index (χ2n) is 17.7. The van der Waals surface area contributed by atoms with Gasteiger partial charge in [-0.3, -0.25) is 0 Å². The zero-order chi connectivity index (χ0) is 43.5. The second kappa shape index (κ2) is 15.6. The molecule has 2 heteroatoms. The van der Waals surface area contributed by atoms with Gasteiger partial charge in [0.25, 0.3) is 0 Å². The largest absolute Gasteiger partial charge is 0.228 e. The highest BCUT2D eigenvalue weighted by atomic mass is 14.9. The first-order chi connectivity index (χ1) is 32.0. The van der Waals surface area contributed by atoms with Crippen LogP contribution >= 0.6 is 0 Å². The van der Waals surface area contributed by atoms with Gasteiger partial charge in [-0.25, -0.2) is 9.97 Å². The minimum Gasteiger partial charge on any atom is -0.228 e. The van der Waals surface area contributed by atoms with Crippen molar-refractivity contribution in [2.75, 3.05) is 0 Å². The number of fused-ring (bicyclic) bond motifs is 5. The van der Waals surface area contributed by atoms with Crippen molar-refractivity contribution in [2.45, 2.75) is 19.3 Å². The molecule has 0 radical (unpaired) electrons. The first-order valence-electron chi connectivity index (χ1n) is 22.5. The third-order valence-corrected chi connectivity index (χ3v) is 13.5. The van der Waals surface area contributed by atoms with Crippen molar-refractivity contribution in [1.29, 1.82) is 0 Å². The molecule has 1 aliphatic carbocycles. The normalized spacial score (nSPS) is 12.6. The minimum atomic E-state index is -0.0284. The maximum Gasteiger partial charge on any atom is 0.160 e. The monoisotopic (exact) mass is 828 g/mol. The van der Waals surface area contributed by atoms with Gasteiger partial charge in [-0.05, 0) is 119 Å². The van der Waals surface area contributed by atoms with Crippen LogP contribution in [0.3, 0.4) is 0 Å². The molecule has 1 aliphatic rings. The summed E-state index contributed by atoms with van der Waals surface area (Å²) in [5.74, 6) is 0.692. The lowest BCUT2D eigenvalue weighted by atomic mass is 9.82. The van der Waals surface area contributed by atoms with Crippen LogP contribution in [-0.4, -0.2) is 9.97 Å². The first-order valence-corrected chi connectivity index (χ1v) is 22.5. The zero-order valence-electron chi connectivity index (χ0n) is 36.3. The highest BCUT2D eigenvalue weighted by Crippen LogP contribution is 2.50. The lowest BCUT2D eigenvalue weighted by molar-refractivity contribution is 0.660. The second-order valence-corrected chi connectivity index (χ2v) is 17.7. The van der Waals surface area contributed by atoms with Crippen LogP contribution in [-0.2, 0) is 5.41 Å². The van der Waals surface area contributed by atoms with Gasteiger partial charge in [-0.1, -0.05) is 214 Å². The number of hydrogen-bond acceptors (Lipinski definition) is 2. The average Bonchev–Trinajstić information content (AvgIpc) is 3.61. The van der Waals surface area contributed by atoms with Crippen LogP contribution in [0.25, 0.3) is 111 Å². The molecule has 0 unspecified atom stereocenters. The molecule has 0 amide bonds. The fourth-order valence-electron chi connectivity index (χ4n) is 10.3. The molecule has 0 bridgehead atoms. The molecule has 306 valence electrons. The number of benzene rings is 10. The van der Waals surface area contributed by atoms with Crippen molar-refractivity contribution in [1.82, 2.24) is 9.97 Å². The van der Waals surface area contributed by atoms with Crippen LogP contribution in [0.5, 0.6) is 0 Å².